The molecule has 2 aromatic heterocycles. The van der Waals surface area contributed by atoms with Gasteiger partial charge in [-0.3, -0.25) is 0 Å². The summed E-state index contributed by atoms with van der Waals surface area (Å²) in [7, 11) is 3.23. The predicted octanol–water partition coefficient (Wildman–Crippen LogP) is 6.25. The summed E-state index contributed by atoms with van der Waals surface area (Å²) >= 11 is 0. The third-order valence-electron chi connectivity index (χ3n) is 5.87. The van der Waals surface area contributed by atoms with E-state index in [0.29, 0.717) is 23.1 Å². The number of methoxy groups -OCH3 is 2. The summed E-state index contributed by atoms with van der Waals surface area (Å²) in [5.74, 6) is 2.51. The van der Waals surface area contributed by atoms with Crippen LogP contribution in [-0.4, -0.2) is 33.7 Å². The van der Waals surface area contributed by atoms with Crippen molar-refractivity contribution in [1.82, 2.24) is 14.4 Å². The van der Waals surface area contributed by atoms with Gasteiger partial charge in [-0.15, -0.1) is 0 Å². The molecule has 0 saturated heterocycles. The maximum Gasteiger partial charge on any atom is 0.180 e. The second-order valence-corrected chi connectivity index (χ2v) is 8.46. The van der Waals surface area contributed by atoms with E-state index in [-0.39, 0.29) is 5.92 Å². The van der Waals surface area contributed by atoms with Gasteiger partial charge >= 0.3 is 0 Å². The number of nitrogens with zero attached hydrogens (tertiary/aromatic N) is 3. The molecular formula is C27H30N4O3. The van der Waals surface area contributed by atoms with Crippen molar-refractivity contribution in [2.45, 2.75) is 27.2 Å². The fourth-order valence-electron chi connectivity index (χ4n) is 3.84. The first-order valence-corrected chi connectivity index (χ1v) is 11.2. The number of rotatable bonds is 7. The first-order valence-electron chi connectivity index (χ1n) is 11.2. The van der Waals surface area contributed by atoms with Crippen LogP contribution in [-0.2, 0) is 0 Å². The lowest BCUT2D eigenvalue weighted by Crippen LogP contribution is -2.06. The third kappa shape index (κ3) is 4.83. The summed E-state index contributed by atoms with van der Waals surface area (Å²) in [6, 6.07) is 5.64. The van der Waals surface area contributed by atoms with Crippen molar-refractivity contribution >= 4 is 22.7 Å². The van der Waals surface area contributed by atoms with Crippen molar-refractivity contribution in [2.75, 3.05) is 19.5 Å². The van der Waals surface area contributed by atoms with Gasteiger partial charge in [0.2, 0.25) is 0 Å². The summed E-state index contributed by atoms with van der Waals surface area (Å²) in [5, 5.41) is 13.4. The molecule has 0 fully saturated rings. The molecule has 3 aromatic rings. The molecule has 0 aliphatic heterocycles. The zero-order valence-corrected chi connectivity index (χ0v) is 20.2. The number of aliphatic hydroxyl groups is 1. The lowest BCUT2D eigenvalue weighted by atomic mass is 9.88. The van der Waals surface area contributed by atoms with Crippen molar-refractivity contribution in [3.63, 3.8) is 0 Å². The number of nitrogens with one attached hydrogen (secondary N) is 1. The Morgan fingerprint density at radius 1 is 1.21 bits per heavy atom. The fraction of sp³-hybridized carbons (Fsp3) is 0.259. The quantitative estimate of drug-likeness (QED) is 0.322. The van der Waals surface area contributed by atoms with Crippen LogP contribution in [0.1, 0.15) is 32.9 Å². The first-order chi connectivity index (χ1) is 16.4. The van der Waals surface area contributed by atoms with Crippen molar-refractivity contribution < 1.29 is 14.6 Å². The van der Waals surface area contributed by atoms with E-state index >= 15 is 0 Å². The van der Waals surface area contributed by atoms with E-state index < -0.39 is 0 Å². The molecule has 2 N–H and O–H groups in total. The Bertz CT molecular complexity index is 1330. The highest BCUT2D eigenvalue weighted by Gasteiger charge is 2.17. The van der Waals surface area contributed by atoms with Crippen LogP contribution in [0.2, 0.25) is 0 Å². The molecule has 176 valence electrons. The minimum Gasteiger partial charge on any atom is -0.508 e. The summed E-state index contributed by atoms with van der Waals surface area (Å²) < 4.78 is 12.7. The van der Waals surface area contributed by atoms with Crippen molar-refractivity contribution in [3.8, 4) is 11.5 Å². The number of imidazole rings is 1. The van der Waals surface area contributed by atoms with Crippen LogP contribution in [0.15, 0.2) is 78.0 Å². The van der Waals surface area contributed by atoms with Crippen LogP contribution in [0.25, 0.3) is 11.2 Å². The van der Waals surface area contributed by atoms with E-state index in [1.807, 2.05) is 48.8 Å². The minimum atomic E-state index is 0.242. The number of aromatic nitrogens is 3. The topological polar surface area (TPSA) is 80.9 Å². The number of hydrogen-bond donors (Lipinski definition) is 2. The SMILES string of the molecule is COc1ccc(Nc2nc(C3=CCC(/C=C\C(O)=C(C)C)C(C)=C3)cn3ccnc23)cc1OC. The monoisotopic (exact) mass is 458 g/mol. The number of allylic oxidation sites excluding steroid dienone is 7. The second kappa shape index (κ2) is 9.87. The van der Waals surface area contributed by atoms with Crippen LogP contribution in [0.5, 0.6) is 11.5 Å². The van der Waals surface area contributed by atoms with Crippen LogP contribution >= 0.6 is 0 Å². The van der Waals surface area contributed by atoms with Crippen molar-refractivity contribution in [3.05, 3.63) is 83.7 Å². The zero-order valence-electron chi connectivity index (χ0n) is 20.2. The minimum absolute atomic E-state index is 0.242. The number of hydrogen-bond acceptors (Lipinski definition) is 6. The standard InChI is InChI=1S/C27H30N4O3/c1-17(2)23(32)10-8-19-6-7-20(14-18(19)3)22-16-31-13-12-28-27(31)26(30-22)29-21-9-11-24(33-4)25(15-21)34-5/h7-16,19,32H,6H2,1-5H3,(H,29,30)/b10-8-. The smallest absolute Gasteiger partial charge is 0.180 e. The molecule has 7 heteroatoms. The summed E-state index contributed by atoms with van der Waals surface area (Å²) in [5.41, 5.74) is 5.57. The fourth-order valence-corrected chi connectivity index (χ4v) is 3.84. The normalized spacial score (nSPS) is 15.7. The Balaban J connectivity index is 1.64. The number of benzene rings is 1. The summed E-state index contributed by atoms with van der Waals surface area (Å²) in [4.78, 5) is 9.37. The molecule has 0 amide bonds. The van der Waals surface area contributed by atoms with Gasteiger partial charge in [-0.05, 0) is 56.5 Å². The average Bonchev–Trinajstić information content (AvgIpc) is 3.32. The zero-order chi connectivity index (χ0) is 24.2. The Morgan fingerprint density at radius 2 is 2.00 bits per heavy atom. The Labute approximate surface area is 199 Å². The van der Waals surface area contributed by atoms with E-state index in [2.05, 4.69) is 35.5 Å². The molecule has 1 atom stereocenters. The molecule has 34 heavy (non-hydrogen) atoms. The molecule has 1 aliphatic rings. The van der Waals surface area contributed by atoms with Crippen molar-refractivity contribution in [2.24, 2.45) is 5.92 Å². The van der Waals surface area contributed by atoms with Crippen LogP contribution in [0.4, 0.5) is 11.5 Å². The molecule has 4 rings (SSSR count). The molecule has 0 saturated carbocycles. The molecule has 1 aromatic carbocycles. The van der Waals surface area contributed by atoms with Crippen LogP contribution < -0.4 is 14.8 Å². The lowest BCUT2D eigenvalue weighted by molar-refractivity contribution is 0.355. The highest BCUT2D eigenvalue weighted by atomic mass is 16.5. The molecule has 1 aliphatic carbocycles. The van der Waals surface area contributed by atoms with E-state index in [1.54, 1.807) is 26.5 Å². The van der Waals surface area contributed by atoms with Gasteiger partial charge < -0.3 is 24.3 Å². The summed E-state index contributed by atoms with van der Waals surface area (Å²) in [6.45, 7) is 5.90. The van der Waals surface area contributed by atoms with Gasteiger partial charge in [-0.2, -0.15) is 0 Å². The number of anilines is 2. The number of ether oxygens (including phenoxy) is 2. The van der Waals surface area contributed by atoms with Gasteiger partial charge in [0.15, 0.2) is 23.0 Å². The largest absolute Gasteiger partial charge is 0.508 e. The van der Waals surface area contributed by atoms with E-state index in [4.69, 9.17) is 14.5 Å². The molecule has 1 unspecified atom stereocenters. The maximum atomic E-state index is 9.98. The maximum absolute atomic E-state index is 9.98. The molecule has 0 spiro atoms. The lowest BCUT2D eigenvalue weighted by Gasteiger charge is -2.19. The molecule has 2 heterocycles. The Hall–Kier alpha value is -4.00. The highest BCUT2D eigenvalue weighted by Crippen LogP contribution is 2.33. The van der Waals surface area contributed by atoms with Gasteiger partial charge in [-0.1, -0.05) is 23.8 Å². The number of fused-ring (bicyclic) bond motifs is 1. The first kappa shape index (κ1) is 23.2. The van der Waals surface area contributed by atoms with Crippen LogP contribution in [0, 0.1) is 5.92 Å². The highest BCUT2D eigenvalue weighted by molar-refractivity contribution is 5.78. The molecule has 0 bridgehead atoms. The van der Waals surface area contributed by atoms with E-state index in [0.717, 1.165) is 34.6 Å². The van der Waals surface area contributed by atoms with Crippen LogP contribution in [0.3, 0.4) is 0 Å². The Morgan fingerprint density at radius 3 is 2.71 bits per heavy atom. The van der Waals surface area contributed by atoms with Gasteiger partial charge in [0, 0.05) is 36.3 Å². The van der Waals surface area contributed by atoms with Gasteiger partial charge in [0.25, 0.3) is 0 Å². The average molecular weight is 459 g/mol. The van der Waals surface area contributed by atoms with Gasteiger partial charge in [0.1, 0.15) is 5.76 Å². The third-order valence-corrected chi connectivity index (χ3v) is 5.87. The summed E-state index contributed by atoms with van der Waals surface area (Å²) in [6.07, 6.45) is 14.7. The predicted molar refractivity (Wildman–Crippen MR) is 136 cm³/mol. The Kier molecular flexibility index (Phi) is 6.72. The van der Waals surface area contributed by atoms with Gasteiger partial charge in [-0.25, -0.2) is 9.97 Å². The van der Waals surface area contributed by atoms with E-state index in [9.17, 15) is 5.11 Å². The molecular weight excluding hydrogens is 428 g/mol. The molecule has 0 radical (unpaired) electrons. The molecule has 7 nitrogen and oxygen atoms in total. The van der Waals surface area contributed by atoms with Crippen molar-refractivity contribution in [1.29, 1.82) is 0 Å². The second-order valence-electron chi connectivity index (χ2n) is 8.46. The van der Waals surface area contributed by atoms with E-state index in [1.165, 1.54) is 5.57 Å². The van der Waals surface area contributed by atoms with Gasteiger partial charge in [0.05, 0.1) is 19.9 Å². The number of aliphatic hydroxyl groups excluding tert-OH is 1.